The van der Waals surface area contributed by atoms with Crippen molar-refractivity contribution in [3.8, 4) is 0 Å². The highest BCUT2D eigenvalue weighted by molar-refractivity contribution is 7.12. The highest BCUT2D eigenvalue weighted by Gasteiger charge is 2.36. The molecule has 1 aliphatic carbocycles. The second-order valence-corrected chi connectivity index (χ2v) is 6.13. The van der Waals surface area contributed by atoms with Crippen LogP contribution in [0.25, 0.3) is 6.08 Å². The van der Waals surface area contributed by atoms with Crippen molar-refractivity contribution in [1.29, 1.82) is 0 Å². The lowest BCUT2D eigenvalue weighted by Gasteiger charge is -2.09. The Morgan fingerprint density at radius 3 is 3.11 bits per heavy atom. The Bertz CT molecular complexity index is 662. The number of allylic oxidation sites excluding steroid dienone is 1. The number of hydrogen-bond acceptors (Lipinski definition) is 3. The molecule has 2 heterocycles. The number of aryl methyl sites for hydroxylation is 1. The van der Waals surface area contributed by atoms with E-state index in [1.807, 2.05) is 35.6 Å². The monoisotopic (exact) mass is 268 g/mol. The van der Waals surface area contributed by atoms with Crippen LogP contribution in [0.3, 0.4) is 0 Å². The van der Waals surface area contributed by atoms with Crippen molar-refractivity contribution in [2.45, 2.75) is 18.9 Å². The zero-order valence-electron chi connectivity index (χ0n) is 10.4. The van der Waals surface area contributed by atoms with Gasteiger partial charge >= 0.3 is 7.12 Å². The maximum absolute atomic E-state index is 9.98. The Labute approximate surface area is 116 Å². The molecule has 19 heavy (non-hydrogen) atoms. The third-order valence-corrected chi connectivity index (χ3v) is 5.02. The van der Waals surface area contributed by atoms with Crippen LogP contribution in [0.5, 0.6) is 0 Å². The molecule has 0 fully saturated rings. The van der Waals surface area contributed by atoms with Crippen molar-refractivity contribution in [2.24, 2.45) is 0 Å². The predicted octanol–water partition coefficient (Wildman–Crippen LogP) is 2.51. The van der Waals surface area contributed by atoms with Crippen LogP contribution in [0.15, 0.2) is 36.4 Å². The molecule has 0 spiro atoms. The van der Waals surface area contributed by atoms with E-state index in [0.29, 0.717) is 0 Å². The summed E-state index contributed by atoms with van der Waals surface area (Å²) in [6, 6.07) is 10.1. The van der Waals surface area contributed by atoms with Gasteiger partial charge in [-0.25, -0.2) is 0 Å². The van der Waals surface area contributed by atoms with E-state index in [4.69, 9.17) is 4.65 Å². The molecule has 1 N–H and O–H groups in total. The topological polar surface area (TPSA) is 29.5 Å². The summed E-state index contributed by atoms with van der Waals surface area (Å²) in [5.74, 6) is 0. The number of hydrogen-bond donors (Lipinski definition) is 1. The second-order valence-electron chi connectivity index (χ2n) is 4.97. The van der Waals surface area contributed by atoms with Gasteiger partial charge in [-0.15, -0.1) is 11.3 Å². The highest BCUT2D eigenvalue weighted by Crippen LogP contribution is 2.38. The Hall–Kier alpha value is -1.36. The van der Waals surface area contributed by atoms with Gasteiger partial charge in [-0.2, -0.15) is 0 Å². The summed E-state index contributed by atoms with van der Waals surface area (Å²) in [5, 5.41) is 9.98. The zero-order chi connectivity index (χ0) is 12.8. The van der Waals surface area contributed by atoms with Gasteiger partial charge in [-0.3, -0.25) is 0 Å². The number of benzene rings is 1. The van der Waals surface area contributed by atoms with E-state index in [9.17, 15) is 5.02 Å². The Balaban J connectivity index is 1.78. The predicted molar refractivity (Wildman–Crippen MR) is 78.7 cm³/mol. The average Bonchev–Trinajstić information content (AvgIpc) is 3.01. The van der Waals surface area contributed by atoms with Crippen LogP contribution >= 0.6 is 11.3 Å². The van der Waals surface area contributed by atoms with Gasteiger partial charge in [0.2, 0.25) is 0 Å². The molecular formula is C15H13BO2S. The zero-order valence-corrected chi connectivity index (χ0v) is 11.2. The summed E-state index contributed by atoms with van der Waals surface area (Å²) < 4.78 is 5.74. The summed E-state index contributed by atoms with van der Waals surface area (Å²) in [4.78, 5) is 2.63. The quantitative estimate of drug-likeness (QED) is 0.805. The molecule has 1 aromatic heterocycles. The molecular weight excluding hydrogens is 255 g/mol. The van der Waals surface area contributed by atoms with Crippen molar-refractivity contribution in [3.63, 3.8) is 0 Å². The molecule has 4 heteroatoms. The molecule has 0 saturated heterocycles. The first-order chi connectivity index (χ1) is 9.33. The van der Waals surface area contributed by atoms with E-state index < -0.39 is 7.12 Å². The molecule has 1 aromatic carbocycles. The molecule has 0 amide bonds. The summed E-state index contributed by atoms with van der Waals surface area (Å²) in [6.07, 6.45) is 6.54. The van der Waals surface area contributed by atoms with Gasteiger partial charge in [0.15, 0.2) is 0 Å². The van der Waals surface area contributed by atoms with Gasteiger partial charge < -0.3 is 9.68 Å². The van der Waals surface area contributed by atoms with Gasteiger partial charge in [0.05, 0.1) is 0 Å². The van der Waals surface area contributed by atoms with E-state index >= 15 is 0 Å². The molecule has 2 aliphatic rings. The smallest absolute Gasteiger partial charge is 0.423 e. The van der Waals surface area contributed by atoms with Crippen molar-refractivity contribution in [3.05, 3.63) is 57.3 Å². The molecule has 2 nitrogen and oxygen atoms in total. The molecule has 94 valence electrons. The molecule has 1 aliphatic heterocycles. The first-order valence-corrected chi connectivity index (χ1v) is 7.36. The average molecular weight is 268 g/mol. The normalized spacial score (nSPS) is 20.5. The molecule has 2 aromatic rings. The number of fused-ring (bicyclic) bond motifs is 2. The molecule has 0 bridgehead atoms. The lowest BCUT2D eigenvalue weighted by atomic mass is 9.79. The van der Waals surface area contributed by atoms with Gasteiger partial charge in [0.1, 0.15) is 6.10 Å². The van der Waals surface area contributed by atoms with Crippen LogP contribution in [0.2, 0.25) is 0 Å². The van der Waals surface area contributed by atoms with Gasteiger partial charge in [-0.05, 0) is 35.5 Å². The first-order valence-electron chi connectivity index (χ1n) is 6.54. The first kappa shape index (κ1) is 11.5. The SMILES string of the molecule is OB1OC(c2cc3c(s2)CCC=C3)c2ccccc21. The van der Waals surface area contributed by atoms with Crippen molar-refractivity contribution in [1.82, 2.24) is 0 Å². The third kappa shape index (κ3) is 1.79. The summed E-state index contributed by atoms with van der Waals surface area (Å²) in [7, 11) is -0.795. The summed E-state index contributed by atoms with van der Waals surface area (Å²) >= 11 is 1.81. The van der Waals surface area contributed by atoms with Crippen molar-refractivity contribution < 1.29 is 9.68 Å². The third-order valence-electron chi connectivity index (χ3n) is 3.76. The second kappa shape index (κ2) is 4.34. The fourth-order valence-electron chi connectivity index (χ4n) is 2.83. The van der Waals surface area contributed by atoms with Crippen molar-refractivity contribution >= 4 is 30.0 Å². The summed E-state index contributed by atoms with van der Waals surface area (Å²) in [6.45, 7) is 0. The lowest BCUT2D eigenvalue weighted by Crippen LogP contribution is -2.27. The fourth-order valence-corrected chi connectivity index (χ4v) is 4.05. The van der Waals surface area contributed by atoms with E-state index in [-0.39, 0.29) is 6.10 Å². The lowest BCUT2D eigenvalue weighted by molar-refractivity contribution is 0.230. The fraction of sp³-hybridized carbons (Fsp3) is 0.200. The van der Waals surface area contributed by atoms with E-state index in [1.54, 1.807) is 0 Å². The van der Waals surface area contributed by atoms with Crippen LogP contribution < -0.4 is 5.46 Å². The number of thiophene rings is 1. The van der Waals surface area contributed by atoms with E-state index in [2.05, 4.69) is 18.2 Å². The van der Waals surface area contributed by atoms with E-state index in [0.717, 1.165) is 23.9 Å². The molecule has 4 rings (SSSR count). The van der Waals surface area contributed by atoms with Crippen LogP contribution in [0.1, 0.15) is 33.4 Å². The molecule has 0 radical (unpaired) electrons. The van der Waals surface area contributed by atoms with Crippen LogP contribution in [0.4, 0.5) is 0 Å². The van der Waals surface area contributed by atoms with Crippen LogP contribution in [0, 0.1) is 0 Å². The molecule has 1 atom stereocenters. The van der Waals surface area contributed by atoms with Crippen LogP contribution in [-0.4, -0.2) is 12.1 Å². The van der Waals surface area contributed by atoms with Crippen molar-refractivity contribution in [2.75, 3.05) is 0 Å². The number of rotatable bonds is 1. The minimum Gasteiger partial charge on any atom is -0.423 e. The van der Waals surface area contributed by atoms with Crippen LogP contribution in [-0.2, 0) is 11.1 Å². The molecule has 1 unspecified atom stereocenters. The van der Waals surface area contributed by atoms with Gasteiger partial charge in [0, 0.05) is 9.75 Å². The maximum atomic E-state index is 9.98. The van der Waals surface area contributed by atoms with E-state index in [1.165, 1.54) is 15.3 Å². The van der Waals surface area contributed by atoms with Gasteiger partial charge in [0.25, 0.3) is 0 Å². The molecule has 0 saturated carbocycles. The largest absolute Gasteiger partial charge is 0.492 e. The standard InChI is InChI=1S/C15H13BO2S/c17-16-12-7-3-2-6-11(12)15(18-16)14-9-10-5-1-4-8-13(10)19-14/h1-3,5-7,9,15,17H,4,8H2. The highest BCUT2D eigenvalue weighted by atomic mass is 32.1. The minimum atomic E-state index is -0.795. The maximum Gasteiger partial charge on any atom is 0.492 e. The Morgan fingerprint density at radius 1 is 1.32 bits per heavy atom. The summed E-state index contributed by atoms with van der Waals surface area (Å²) in [5.41, 5.74) is 3.31. The minimum absolute atomic E-state index is 0.116. The Kier molecular flexibility index (Phi) is 2.62. The van der Waals surface area contributed by atoms with Gasteiger partial charge in [-0.1, -0.05) is 36.4 Å². The Morgan fingerprint density at radius 2 is 2.21 bits per heavy atom.